The Balaban J connectivity index is 2.10. The summed E-state index contributed by atoms with van der Waals surface area (Å²) in [7, 11) is 1.58. The van der Waals surface area contributed by atoms with Crippen molar-refractivity contribution in [3.8, 4) is 5.88 Å². The summed E-state index contributed by atoms with van der Waals surface area (Å²) in [5, 5.41) is 8.94. The van der Waals surface area contributed by atoms with Crippen LogP contribution in [-0.4, -0.2) is 23.2 Å². The van der Waals surface area contributed by atoms with Gasteiger partial charge < -0.3 is 9.84 Å². The number of carbonyl (C=O) groups is 1. The number of ether oxygens (including phenoxy) is 1. The highest BCUT2D eigenvalue weighted by Gasteiger charge is 2.06. The molecule has 0 aliphatic heterocycles. The van der Waals surface area contributed by atoms with Crippen LogP contribution in [0.1, 0.15) is 15.9 Å². The lowest BCUT2D eigenvalue weighted by Crippen LogP contribution is -1.96. The molecule has 98 valence electrons. The molecule has 0 unspecified atom stereocenters. The maximum absolute atomic E-state index is 10.9. The van der Waals surface area contributed by atoms with Crippen LogP contribution in [0.5, 0.6) is 5.88 Å². The zero-order valence-electron chi connectivity index (χ0n) is 10.4. The standard InChI is InChI=1S/C14H13NO3S/c1-18-13-11(5-3-7-15-13)9-19-12-6-2-4-10(8-12)14(16)17/h2-8H,9H2,1H3,(H,16,17). The molecular weight excluding hydrogens is 262 g/mol. The molecule has 0 aliphatic carbocycles. The van der Waals surface area contributed by atoms with Crippen molar-refractivity contribution < 1.29 is 14.6 Å². The minimum Gasteiger partial charge on any atom is -0.481 e. The van der Waals surface area contributed by atoms with Gasteiger partial charge >= 0.3 is 5.97 Å². The number of thioether (sulfide) groups is 1. The Labute approximate surface area is 115 Å². The molecule has 0 amide bonds. The lowest BCUT2D eigenvalue weighted by atomic mass is 10.2. The number of hydrogen-bond acceptors (Lipinski definition) is 4. The fourth-order valence-electron chi connectivity index (χ4n) is 1.60. The Morgan fingerprint density at radius 3 is 2.95 bits per heavy atom. The molecule has 4 nitrogen and oxygen atoms in total. The zero-order valence-corrected chi connectivity index (χ0v) is 11.2. The van der Waals surface area contributed by atoms with Gasteiger partial charge in [-0.3, -0.25) is 0 Å². The first-order valence-electron chi connectivity index (χ1n) is 5.64. The Morgan fingerprint density at radius 1 is 1.37 bits per heavy atom. The predicted molar refractivity (Wildman–Crippen MR) is 73.8 cm³/mol. The highest BCUT2D eigenvalue weighted by molar-refractivity contribution is 7.98. The van der Waals surface area contributed by atoms with E-state index in [1.165, 1.54) is 0 Å². The number of nitrogens with zero attached hydrogens (tertiary/aromatic N) is 1. The molecular formula is C14H13NO3S. The van der Waals surface area contributed by atoms with Crippen LogP contribution in [0.3, 0.4) is 0 Å². The largest absolute Gasteiger partial charge is 0.481 e. The van der Waals surface area contributed by atoms with Crippen molar-refractivity contribution in [2.24, 2.45) is 0 Å². The van der Waals surface area contributed by atoms with Crippen LogP contribution >= 0.6 is 11.8 Å². The van der Waals surface area contributed by atoms with Gasteiger partial charge in [-0.25, -0.2) is 9.78 Å². The highest BCUT2D eigenvalue weighted by Crippen LogP contribution is 2.27. The first kappa shape index (κ1) is 13.4. The molecule has 1 heterocycles. The van der Waals surface area contributed by atoms with E-state index >= 15 is 0 Å². The van der Waals surface area contributed by atoms with E-state index in [2.05, 4.69) is 4.98 Å². The second kappa shape index (κ2) is 6.24. The Morgan fingerprint density at radius 2 is 2.21 bits per heavy atom. The van der Waals surface area contributed by atoms with Gasteiger partial charge in [0.1, 0.15) is 0 Å². The second-order valence-electron chi connectivity index (χ2n) is 3.79. The molecule has 2 rings (SSSR count). The third-order valence-electron chi connectivity index (χ3n) is 2.52. The molecule has 1 aromatic heterocycles. The molecule has 0 aliphatic rings. The molecule has 2 aromatic rings. The van der Waals surface area contributed by atoms with Gasteiger partial charge in [0, 0.05) is 22.4 Å². The molecule has 0 saturated carbocycles. The van der Waals surface area contributed by atoms with Gasteiger partial charge in [-0.05, 0) is 24.3 Å². The second-order valence-corrected chi connectivity index (χ2v) is 4.84. The highest BCUT2D eigenvalue weighted by atomic mass is 32.2. The van der Waals surface area contributed by atoms with Crippen LogP contribution in [0.2, 0.25) is 0 Å². The number of methoxy groups -OCH3 is 1. The first-order chi connectivity index (χ1) is 9.20. The van der Waals surface area contributed by atoms with Gasteiger partial charge in [-0.1, -0.05) is 12.1 Å². The predicted octanol–water partition coefficient (Wildman–Crippen LogP) is 3.08. The normalized spacial score (nSPS) is 10.2. The van der Waals surface area contributed by atoms with E-state index in [0.717, 1.165) is 10.5 Å². The average molecular weight is 275 g/mol. The van der Waals surface area contributed by atoms with Crippen LogP contribution in [0.15, 0.2) is 47.5 Å². The summed E-state index contributed by atoms with van der Waals surface area (Å²) < 4.78 is 5.18. The van der Waals surface area contributed by atoms with Gasteiger partial charge in [-0.2, -0.15) is 0 Å². The first-order valence-corrected chi connectivity index (χ1v) is 6.63. The van der Waals surface area contributed by atoms with Gasteiger partial charge in [0.2, 0.25) is 5.88 Å². The van der Waals surface area contributed by atoms with E-state index in [0.29, 0.717) is 17.2 Å². The van der Waals surface area contributed by atoms with Crippen molar-refractivity contribution in [1.29, 1.82) is 0 Å². The fraction of sp³-hybridized carbons (Fsp3) is 0.143. The van der Waals surface area contributed by atoms with Gasteiger partial charge in [0.15, 0.2) is 0 Å². The lowest BCUT2D eigenvalue weighted by Gasteiger charge is -2.07. The number of carboxylic acids is 1. The smallest absolute Gasteiger partial charge is 0.335 e. The van der Waals surface area contributed by atoms with Crippen molar-refractivity contribution in [2.75, 3.05) is 7.11 Å². The van der Waals surface area contributed by atoms with Crippen molar-refractivity contribution in [2.45, 2.75) is 10.6 Å². The fourth-order valence-corrected chi connectivity index (χ4v) is 2.52. The number of benzene rings is 1. The van der Waals surface area contributed by atoms with Gasteiger partial charge in [0.05, 0.1) is 12.7 Å². The summed E-state index contributed by atoms with van der Waals surface area (Å²) in [6.45, 7) is 0. The number of pyridine rings is 1. The molecule has 1 N–H and O–H groups in total. The maximum Gasteiger partial charge on any atom is 0.335 e. The molecule has 0 atom stereocenters. The molecule has 0 spiro atoms. The molecule has 0 radical (unpaired) electrons. The van der Waals surface area contributed by atoms with Crippen LogP contribution < -0.4 is 4.74 Å². The Kier molecular flexibility index (Phi) is 4.41. The molecule has 0 fully saturated rings. The van der Waals surface area contributed by atoms with Crippen LogP contribution in [0.4, 0.5) is 0 Å². The SMILES string of the molecule is COc1ncccc1CSc1cccc(C(=O)O)c1. The van der Waals surface area contributed by atoms with Crippen molar-refractivity contribution in [3.63, 3.8) is 0 Å². The lowest BCUT2D eigenvalue weighted by molar-refractivity contribution is 0.0696. The summed E-state index contributed by atoms with van der Waals surface area (Å²) in [5.41, 5.74) is 1.28. The zero-order chi connectivity index (χ0) is 13.7. The summed E-state index contributed by atoms with van der Waals surface area (Å²) in [5.74, 6) is 0.367. The third-order valence-corrected chi connectivity index (χ3v) is 3.56. The van der Waals surface area contributed by atoms with Crippen LogP contribution in [-0.2, 0) is 5.75 Å². The number of rotatable bonds is 5. The molecule has 0 saturated heterocycles. The van der Waals surface area contributed by atoms with Gasteiger partial charge in [-0.15, -0.1) is 11.8 Å². The summed E-state index contributed by atoms with van der Waals surface area (Å²) in [6.07, 6.45) is 1.68. The summed E-state index contributed by atoms with van der Waals surface area (Å²) in [6, 6.07) is 10.7. The van der Waals surface area contributed by atoms with E-state index in [1.54, 1.807) is 43.3 Å². The Hall–Kier alpha value is -2.01. The topological polar surface area (TPSA) is 59.4 Å². The van der Waals surface area contributed by atoms with Gasteiger partial charge in [0.25, 0.3) is 0 Å². The van der Waals surface area contributed by atoms with Crippen molar-refractivity contribution in [1.82, 2.24) is 4.98 Å². The molecule has 5 heteroatoms. The number of hydrogen-bond donors (Lipinski definition) is 1. The molecule has 19 heavy (non-hydrogen) atoms. The summed E-state index contributed by atoms with van der Waals surface area (Å²) >= 11 is 1.55. The van der Waals surface area contributed by atoms with Crippen LogP contribution in [0, 0.1) is 0 Å². The van der Waals surface area contributed by atoms with E-state index in [9.17, 15) is 4.79 Å². The number of aromatic nitrogens is 1. The number of carboxylic acid groups (broad SMARTS) is 1. The third kappa shape index (κ3) is 3.48. The minimum atomic E-state index is -0.915. The quantitative estimate of drug-likeness (QED) is 0.850. The van der Waals surface area contributed by atoms with E-state index in [-0.39, 0.29) is 0 Å². The van der Waals surface area contributed by atoms with E-state index in [4.69, 9.17) is 9.84 Å². The molecule has 1 aromatic carbocycles. The minimum absolute atomic E-state index is 0.295. The van der Waals surface area contributed by atoms with Crippen molar-refractivity contribution in [3.05, 3.63) is 53.7 Å². The van der Waals surface area contributed by atoms with Crippen LogP contribution in [0.25, 0.3) is 0 Å². The number of aromatic carboxylic acids is 1. The monoisotopic (exact) mass is 275 g/mol. The average Bonchev–Trinajstić information content (AvgIpc) is 2.45. The molecule has 0 bridgehead atoms. The van der Waals surface area contributed by atoms with Crippen molar-refractivity contribution >= 4 is 17.7 Å². The van der Waals surface area contributed by atoms with E-state index < -0.39 is 5.97 Å². The maximum atomic E-state index is 10.9. The Bertz CT molecular complexity index is 586. The van der Waals surface area contributed by atoms with E-state index in [1.807, 2.05) is 18.2 Å². The summed E-state index contributed by atoms with van der Waals surface area (Å²) in [4.78, 5) is 15.9.